The molecule has 0 amide bonds. The van der Waals surface area contributed by atoms with Crippen LogP contribution >= 0.6 is 15.9 Å². The molecule has 0 unspecified atom stereocenters. The third-order valence-corrected chi connectivity index (χ3v) is 3.19. The highest BCUT2D eigenvalue weighted by Crippen LogP contribution is 2.23. The highest BCUT2D eigenvalue weighted by molar-refractivity contribution is 9.10. The van der Waals surface area contributed by atoms with E-state index in [1.807, 2.05) is 6.92 Å². The van der Waals surface area contributed by atoms with E-state index in [1.54, 1.807) is 6.20 Å². The van der Waals surface area contributed by atoms with Crippen molar-refractivity contribution in [1.82, 2.24) is 9.97 Å². The molecule has 1 aromatic rings. The minimum atomic E-state index is 0.592. The lowest BCUT2D eigenvalue weighted by Gasteiger charge is -2.11. The van der Waals surface area contributed by atoms with Crippen molar-refractivity contribution in [2.24, 2.45) is 5.92 Å². The number of anilines is 1. The first-order valence-corrected chi connectivity index (χ1v) is 6.63. The van der Waals surface area contributed by atoms with E-state index >= 15 is 0 Å². The summed E-state index contributed by atoms with van der Waals surface area (Å²) in [5.74, 6) is 1.89. The molecular weight excluding hydrogens is 282 g/mol. The van der Waals surface area contributed by atoms with E-state index in [0.29, 0.717) is 24.4 Å². The Bertz CT molecular complexity index is 401. The molecule has 0 aromatic carbocycles. The van der Waals surface area contributed by atoms with E-state index in [1.165, 1.54) is 0 Å². The summed E-state index contributed by atoms with van der Waals surface area (Å²) in [4.78, 5) is 8.52. The fourth-order valence-electron chi connectivity index (χ4n) is 1.75. The molecule has 0 fully saturated rings. The SMILES string of the molecule is CCOc1nc(NCC2CC=CC2)ncc1Br. The first-order chi connectivity index (χ1) is 8.29. The predicted molar refractivity (Wildman–Crippen MR) is 71.3 cm³/mol. The number of nitrogens with zero attached hydrogens (tertiary/aromatic N) is 2. The van der Waals surface area contributed by atoms with E-state index < -0.39 is 0 Å². The number of ether oxygens (including phenoxy) is 1. The molecule has 4 nitrogen and oxygen atoms in total. The molecule has 17 heavy (non-hydrogen) atoms. The molecule has 1 aromatic heterocycles. The summed E-state index contributed by atoms with van der Waals surface area (Å²) in [6.07, 6.45) is 8.44. The molecule has 0 aliphatic heterocycles. The molecule has 1 N–H and O–H groups in total. The van der Waals surface area contributed by atoms with Crippen LogP contribution in [0.15, 0.2) is 22.8 Å². The Morgan fingerprint density at radius 1 is 1.47 bits per heavy atom. The van der Waals surface area contributed by atoms with Crippen molar-refractivity contribution in [1.29, 1.82) is 0 Å². The number of nitrogens with one attached hydrogen (secondary N) is 1. The minimum Gasteiger partial charge on any atom is -0.477 e. The van der Waals surface area contributed by atoms with Gasteiger partial charge in [0, 0.05) is 6.54 Å². The van der Waals surface area contributed by atoms with Gasteiger partial charge in [-0.25, -0.2) is 4.98 Å². The average Bonchev–Trinajstić information content (AvgIpc) is 2.83. The lowest BCUT2D eigenvalue weighted by Crippen LogP contribution is -2.13. The van der Waals surface area contributed by atoms with Crippen LogP contribution < -0.4 is 10.1 Å². The van der Waals surface area contributed by atoms with Crippen LogP contribution in [0, 0.1) is 5.92 Å². The second kappa shape index (κ2) is 6.00. The maximum absolute atomic E-state index is 5.40. The zero-order chi connectivity index (χ0) is 12.1. The zero-order valence-electron chi connectivity index (χ0n) is 9.82. The number of aromatic nitrogens is 2. The molecule has 0 saturated carbocycles. The number of hydrogen-bond acceptors (Lipinski definition) is 4. The molecule has 5 heteroatoms. The van der Waals surface area contributed by atoms with Gasteiger partial charge in [-0.3, -0.25) is 0 Å². The van der Waals surface area contributed by atoms with Gasteiger partial charge in [0.2, 0.25) is 11.8 Å². The monoisotopic (exact) mass is 297 g/mol. The van der Waals surface area contributed by atoms with Crippen LogP contribution in [0.2, 0.25) is 0 Å². The van der Waals surface area contributed by atoms with Gasteiger partial charge in [-0.05, 0) is 41.6 Å². The Balaban J connectivity index is 1.93. The second-order valence-electron chi connectivity index (χ2n) is 3.97. The summed E-state index contributed by atoms with van der Waals surface area (Å²) in [5, 5.41) is 3.25. The van der Waals surface area contributed by atoms with E-state index in [-0.39, 0.29) is 0 Å². The van der Waals surface area contributed by atoms with Crippen LogP contribution in [0.25, 0.3) is 0 Å². The van der Waals surface area contributed by atoms with Crippen molar-refractivity contribution < 1.29 is 4.74 Å². The van der Waals surface area contributed by atoms with Crippen LogP contribution in [-0.2, 0) is 0 Å². The Kier molecular flexibility index (Phi) is 4.36. The van der Waals surface area contributed by atoms with Crippen LogP contribution in [-0.4, -0.2) is 23.1 Å². The molecule has 2 rings (SSSR count). The second-order valence-corrected chi connectivity index (χ2v) is 4.82. The van der Waals surface area contributed by atoms with Gasteiger partial charge in [-0.1, -0.05) is 12.2 Å². The molecule has 0 saturated heterocycles. The molecular formula is C12H16BrN3O. The van der Waals surface area contributed by atoms with Crippen LogP contribution in [0.1, 0.15) is 19.8 Å². The number of hydrogen-bond donors (Lipinski definition) is 1. The van der Waals surface area contributed by atoms with E-state index in [4.69, 9.17) is 4.74 Å². The van der Waals surface area contributed by atoms with Crippen molar-refractivity contribution >= 4 is 21.9 Å². The van der Waals surface area contributed by atoms with Crippen molar-refractivity contribution in [2.75, 3.05) is 18.5 Å². The largest absolute Gasteiger partial charge is 0.477 e. The third-order valence-electron chi connectivity index (χ3n) is 2.65. The van der Waals surface area contributed by atoms with Crippen molar-refractivity contribution in [3.05, 3.63) is 22.8 Å². The van der Waals surface area contributed by atoms with Crippen LogP contribution in [0.4, 0.5) is 5.95 Å². The Morgan fingerprint density at radius 3 is 2.94 bits per heavy atom. The smallest absolute Gasteiger partial charge is 0.232 e. The fraction of sp³-hybridized carbons (Fsp3) is 0.500. The molecule has 1 heterocycles. The summed E-state index contributed by atoms with van der Waals surface area (Å²) in [6.45, 7) is 3.44. The molecule has 0 atom stereocenters. The van der Waals surface area contributed by atoms with Gasteiger partial charge in [0.25, 0.3) is 0 Å². The maximum Gasteiger partial charge on any atom is 0.232 e. The van der Waals surface area contributed by atoms with Gasteiger partial charge in [0.05, 0.1) is 17.3 Å². The highest BCUT2D eigenvalue weighted by atomic mass is 79.9. The van der Waals surface area contributed by atoms with Crippen molar-refractivity contribution in [3.8, 4) is 5.88 Å². The van der Waals surface area contributed by atoms with E-state index in [0.717, 1.165) is 23.9 Å². The van der Waals surface area contributed by atoms with Gasteiger partial charge in [-0.15, -0.1) is 0 Å². The summed E-state index contributed by atoms with van der Waals surface area (Å²) in [6, 6.07) is 0. The highest BCUT2D eigenvalue weighted by Gasteiger charge is 2.11. The van der Waals surface area contributed by atoms with Crippen LogP contribution in [0.5, 0.6) is 5.88 Å². The number of halogens is 1. The first-order valence-electron chi connectivity index (χ1n) is 5.83. The third kappa shape index (κ3) is 3.43. The normalized spacial score (nSPS) is 15.2. The molecule has 1 aliphatic rings. The minimum absolute atomic E-state index is 0.592. The molecule has 0 bridgehead atoms. The first kappa shape index (κ1) is 12.4. The summed E-state index contributed by atoms with van der Waals surface area (Å²) < 4.78 is 6.18. The van der Waals surface area contributed by atoms with Crippen molar-refractivity contribution in [3.63, 3.8) is 0 Å². The van der Waals surface area contributed by atoms with Gasteiger partial charge < -0.3 is 10.1 Å². The lowest BCUT2D eigenvalue weighted by atomic mass is 10.1. The van der Waals surface area contributed by atoms with Gasteiger partial charge in [0.1, 0.15) is 0 Å². The molecule has 0 spiro atoms. The van der Waals surface area contributed by atoms with Gasteiger partial charge in [-0.2, -0.15) is 4.98 Å². The summed E-state index contributed by atoms with van der Waals surface area (Å²) >= 11 is 3.36. The van der Waals surface area contributed by atoms with Crippen molar-refractivity contribution in [2.45, 2.75) is 19.8 Å². The Morgan fingerprint density at radius 2 is 2.24 bits per heavy atom. The maximum atomic E-state index is 5.40. The van der Waals surface area contributed by atoms with Crippen LogP contribution in [0.3, 0.4) is 0 Å². The van der Waals surface area contributed by atoms with Gasteiger partial charge in [0.15, 0.2) is 0 Å². The van der Waals surface area contributed by atoms with E-state index in [2.05, 4.69) is 43.4 Å². The quantitative estimate of drug-likeness (QED) is 0.849. The average molecular weight is 298 g/mol. The fourth-order valence-corrected chi connectivity index (χ4v) is 2.06. The molecule has 0 radical (unpaired) electrons. The summed E-state index contributed by atoms with van der Waals surface area (Å²) in [7, 11) is 0. The Hall–Kier alpha value is -1.10. The number of allylic oxidation sites excluding steroid dienone is 2. The topological polar surface area (TPSA) is 47.0 Å². The predicted octanol–water partition coefficient (Wildman–Crippen LogP) is 3.02. The molecule has 92 valence electrons. The summed E-state index contributed by atoms with van der Waals surface area (Å²) in [5.41, 5.74) is 0. The zero-order valence-corrected chi connectivity index (χ0v) is 11.4. The Labute approximate surface area is 110 Å². The molecule has 1 aliphatic carbocycles. The van der Waals surface area contributed by atoms with E-state index in [9.17, 15) is 0 Å². The van der Waals surface area contributed by atoms with Gasteiger partial charge >= 0.3 is 0 Å². The number of rotatable bonds is 5. The lowest BCUT2D eigenvalue weighted by molar-refractivity contribution is 0.324. The standard InChI is InChI=1S/C12H16BrN3O/c1-2-17-11-10(13)8-15-12(16-11)14-7-9-5-3-4-6-9/h3-4,8-9H,2,5-7H2,1H3,(H,14,15,16).